The molecule has 168 valence electrons. The third kappa shape index (κ3) is 5.29. The molecule has 1 amide bonds. The molecule has 4 rings (SSSR count). The molecule has 2 saturated heterocycles. The van der Waals surface area contributed by atoms with E-state index >= 15 is 0 Å². The summed E-state index contributed by atoms with van der Waals surface area (Å²) in [7, 11) is 0. The number of aromatic nitrogens is 1. The quantitative estimate of drug-likeness (QED) is 0.684. The third-order valence-corrected chi connectivity index (χ3v) is 6.83. The minimum atomic E-state index is 0.103. The van der Waals surface area contributed by atoms with Crippen molar-refractivity contribution >= 4 is 5.91 Å². The van der Waals surface area contributed by atoms with Gasteiger partial charge in [0.05, 0.1) is 17.9 Å². The SMILES string of the molecule is Cc1noc(C)c1CN1CCCC(COc2ccccc2C(=O)N2CCC(C)CC2)C1. The number of nitrogens with zero attached hydrogens (tertiary/aromatic N) is 3. The van der Waals surface area contributed by atoms with Crippen molar-refractivity contribution in [3.05, 3.63) is 46.8 Å². The van der Waals surface area contributed by atoms with Crippen molar-refractivity contribution in [2.75, 3.05) is 32.8 Å². The predicted octanol–water partition coefficient (Wildman–Crippen LogP) is 4.45. The van der Waals surface area contributed by atoms with E-state index in [4.69, 9.17) is 9.26 Å². The van der Waals surface area contributed by atoms with Gasteiger partial charge in [-0.1, -0.05) is 24.2 Å². The van der Waals surface area contributed by atoms with Crippen LogP contribution in [0.3, 0.4) is 0 Å². The van der Waals surface area contributed by atoms with Crippen LogP contribution in [-0.2, 0) is 6.54 Å². The maximum absolute atomic E-state index is 13.1. The molecule has 0 saturated carbocycles. The lowest BCUT2D eigenvalue weighted by Gasteiger charge is -2.33. The van der Waals surface area contributed by atoms with Crippen molar-refractivity contribution in [3.63, 3.8) is 0 Å². The summed E-state index contributed by atoms with van der Waals surface area (Å²) in [5, 5.41) is 4.08. The van der Waals surface area contributed by atoms with Gasteiger partial charge in [0.1, 0.15) is 11.5 Å². The monoisotopic (exact) mass is 425 g/mol. The van der Waals surface area contributed by atoms with Crippen LogP contribution >= 0.6 is 0 Å². The number of carbonyl (C=O) groups excluding carboxylic acids is 1. The van der Waals surface area contributed by atoms with Gasteiger partial charge < -0.3 is 14.2 Å². The van der Waals surface area contributed by atoms with Crippen LogP contribution in [-0.4, -0.2) is 53.6 Å². The first-order valence-corrected chi connectivity index (χ1v) is 11.7. The summed E-state index contributed by atoms with van der Waals surface area (Å²) in [5.41, 5.74) is 2.88. The zero-order chi connectivity index (χ0) is 21.8. The lowest BCUT2D eigenvalue weighted by atomic mass is 9.98. The molecule has 6 nitrogen and oxygen atoms in total. The van der Waals surface area contributed by atoms with Crippen LogP contribution < -0.4 is 4.74 Å². The first-order valence-electron chi connectivity index (χ1n) is 11.7. The average Bonchev–Trinajstić information content (AvgIpc) is 3.10. The number of amides is 1. The number of hydrogen-bond acceptors (Lipinski definition) is 5. The van der Waals surface area contributed by atoms with E-state index in [2.05, 4.69) is 17.0 Å². The molecule has 3 heterocycles. The van der Waals surface area contributed by atoms with E-state index in [-0.39, 0.29) is 5.91 Å². The molecule has 2 aliphatic rings. The lowest BCUT2D eigenvalue weighted by molar-refractivity contribution is 0.0689. The Morgan fingerprint density at radius 1 is 1.16 bits per heavy atom. The highest BCUT2D eigenvalue weighted by atomic mass is 16.5. The highest BCUT2D eigenvalue weighted by Crippen LogP contribution is 2.26. The fourth-order valence-corrected chi connectivity index (χ4v) is 4.74. The normalized spacial score (nSPS) is 20.7. The number of ether oxygens (including phenoxy) is 1. The molecule has 0 bridgehead atoms. The van der Waals surface area contributed by atoms with Gasteiger partial charge in [0.25, 0.3) is 5.91 Å². The fraction of sp³-hybridized carbons (Fsp3) is 0.600. The van der Waals surface area contributed by atoms with Crippen LogP contribution in [0.15, 0.2) is 28.8 Å². The van der Waals surface area contributed by atoms with Crippen molar-refractivity contribution in [1.29, 1.82) is 0 Å². The van der Waals surface area contributed by atoms with Gasteiger partial charge in [0, 0.05) is 37.7 Å². The van der Waals surface area contributed by atoms with Crippen molar-refractivity contribution in [1.82, 2.24) is 15.0 Å². The Morgan fingerprint density at radius 3 is 2.68 bits per heavy atom. The first-order chi connectivity index (χ1) is 15.0. The van der Waals surface area contributed by atoms with Crippen molar-refractivity contribution in [3.8, 4) is 5.75 Å². The molecule has 2 fully saturated rings. The van der Waals surface area contributed by atoms with Gasteiger partial charge >= 0.3 is 0 Å². The largest absolute Gasteiger partial charge is 0.492 e. The Bertz CT molecular complexity index is 866. The summed E-state index contributed by atoms with van der Waals surface area (Å²) in [5.74, 6) is 2.89. The second-order valence-corrected chi connectivity index (χ2v) is 9.33. The van der Waals surface area contributed by atoms with E-state index in [9.17, 15) is 4.79 Å². The zero-order valence-corrected chi connectivity index (χ0v) is 19.1. The van der Waals surface area contributed by atoms with Gasteiger partial charge in [-0.15, -0.1) is 0 Å². The van der Waals surface area contributed by atoms with Crippen LogP contribution in [0.2, 0.25) is 0 Å². The molecular formula is C25H35N3O3. The lowest BCUT2D eigenvalue weighted by Crippen LogP contribution is -2.38. The topological polar surface area (TPSA) is 58.8 Å². The van der Waals surface area contributed by atoms with Gasteiger partial charge in [-0.05, 0) is 64.1 Å². The standard InChI is InChI=1S/C25H35N3O3/c1-18-10-13-28(14-11-18)25(29)22-8-4-5-9-24(22)30-17-21-7-6-12-27(15-21)16-23-19(2)26-31-20(23)3/h4-5,8-9,18,21H,6-7,10-17H2,1-3H3. The van der Waals surface area contributed by atoms with E-state index in [1.54, 1.807) is 0 Å². The third-order valence-electron chi connectivity index (χ3n) is 6.83. The van der Waals surface area contributed by atoms with E-state index in [0.717, 1.165) is 69.9 Å². The van der Waals surface area contributed by atoms with Crippen molar-refractivity contribution in [2.24, 2.45) is 11.8 Å². The fourth-order valence-electron chi connectivity index (χ4n) is 4.74. The summed E-state index contributed by atoms with van der Waals surface area (Å²) in [6, 6.07) is 7.72. The maximum atomic E-state index is 13.1. The van der Waals surface area contributed by atoms with Crippen LogP contribution in [0.4, 0.5) is 0 Å². The maximum Gasteiger partial charge on any atom is 0.257 e. The number of carbonyl (C=O) groups is 1. The predicted molar refractivity (Wildman–Crippen MR) is 120 cm³/mol. The number of hydrogen-bond donors (Lipinski definition) is 0. The number of rotatable bonds is 6. The molecule has 1 unspecified atom stereocenters. The molecule has 0 N–H and O–H groups in total. The van der Waals surface area contributed by atoms with E-state index < -0.39 is 0 Å². The molecule has 2 aliphatic heterocycles. The van der Waals surface area contributed by atoms with Gasteiger partial charge in [-0.2, -0.15) is 0 Å². The van der Waals surface area contributed by atoms with Gasteiger partial charge in [0.2, 0.25) is 0 Å². The number of piperidine rings is 2. The molecular weight excluding hydrogens is 390 g/mol. The Labute approximate surface area is 185 Å². The molecule has 6 heteroatoms. The summed E-state index contributed by atoms with van der Waals surface area (Å²) in [6.07, 6.45) is 4.47. The van der Waals surface area contributed by atoms with E-state index in [1.165, 1.54) is 5.56 Å². The van der Waals surface area contributed by atoms with Crippen LogP contribution in [0.5, 0.6) is 5.75 Å². The van der Waals surface area contributed by atoms with Crippen molar-refractivity contribution < 1.29 is 14.1 Å². The second-order valence-electron chi connectivity index (χ2n) is 9.33. The van der Waals surface area contributed by atoms with Gasteiger partial charge in [-0.25, -0.2) is 0 Å². The van der Waals surface area contributed by atoms with Crippen LogP contribution in [0, 0.1) is 25.7 Å². The van der Waals surface area contributed by atoms with E-state index in [1.807, 2.05) is 43.0 Å². The highest BCUT2D eigenvalue weighted by Gasteiger charge is 2.26. The minimum absolute atomic E-state index is 0.103. The zero-order valence-electron chi connectivity index (χ0n) is 19.1. The number of aryl methyl sites for hydroxylation is 2. The molecule has 1 atom stereocenters. The van der Waals surface area contributed by atoms with Crippen LogP contribution in [0.25, 0.3) is 0 Å². The smallest absolute Gasteiger partial charge is 0.257 e. The number of likely N-dealkylation sites (tertiary alicyclic amines) is 2. The molecule has 0 radical (unpaired) electrons. The highest BCUT2D eigenvalue weighted by molar-refractivity contribution is 5.97. The Balaban J connectivity index is 1.35. The number of benzene rings is 1. The molecule has 31 heavy (non-hydrogen) atoms. The van der Waals surface area contributed by atoms with Crippen LogP contribution in [0.1, 0.15) is 60.0 Å². The Hall–Kier alpha value is -2.34. The van der Waals surface area contributed by atoms with E-state index in [0.29, 0.717) is 29.8 Å². The van der Waals surface area contributed by atoms with Gasteiger partial charge in [-0.3, -0.25) is 9.69 Å². The molecule has 1 aromatic carbocycles. The summed E-state index contributed by atoms with van der Waals surface area (Å²) >= 11 is 0. The minimum Gasteiger partial charge on any atom is -0.492 e. The summed E-state index contributed by atoms with van der Waals surface area (Å²) in [4.78, 5) is 17.5. The Kier molecular flexibility index (Phi) is 6.96. The summed E-state index contributed by atoms with van der Waals surface area (Å²) in [6.45, 7) is 11.5. The molecule has 2 aromatic rings. The summed E-state index contributed by atoms with van der Waals surface area (Å²) < 4.78 is 11.6. The van der Waals surface area contributed by atoms with Gasteiger partial charge in [0.15, 0.2) is 0 Å². The molecule has 0 aliphatic carbocycles. The molecule has 1 aromatic heterocycles. The van der Waals surface area contributed by atoms with Crippen molar-refractivity contribution in [2.45, 2.75) is 53.0 Å². The Morgan fingerprint density at radius 2 is 1.94 bits per heavy atom. The number of para-hydroxylation sites is 1. The molecule has 0 spiro atoms. The first kappa shape index (κ1) is 21.9. The second kappa shape index (κ2) is 9.86. The average molecular weight is 426 g/mol.